The molecule has 1 N–H and O–H groups in total. The zero-order chi connectivity index (χ0) is 23.6. The number of fused-ring (bicyclic) bond motifs is 1. The molecule has 1 amide bonds. The third kappa shape index (κ3) is 5.06. The number of nitrogens with zero attached hydrogens (tertiary/aromatic N) is 5. The molecule has 12 heteroatoms. The summed E-state index contributed by atoms with van der Waals surface area (Å²) in [5.74, 6) is -1.84. The summed E-state index contributed by atoms with van der Waals surface area (Å²) in [6, 6.07) is 3.16. The number of carbonyl (C=O) groups excluding carboxylic acids is 1. The number of aromatic nitrogens is 5. The van der Waals surface area contributed by atoms with E-state index in [1.54, 1.807) is 44.2 Å². The Morgan fingerprint density at radius 1 is 1.22 bits per heavy atom. The van der Waals surface area contributed by atoms with Gasteiger partial charge in [0.25, 0.3) is 5.56 Å². The van der Waals surface area contributed by atoms with Gasteiger partial charge in [0.2, 0.25) is 5.91 Å². The average molecular weight is 452 g/mol. The molecule has 3 aromatic heterocycles. The SMILES string of the molecule is CC(C)COc1c(C(C)C)nn(CC(=O)Nc2ccc3nncn3c2)c(=O)c1C(F)(F)F. The lowest BCUT2D eigenvalue weighted by Crippen LogP contribution is -2.36. The third-order valence-corrected chi connectivity index (χ3v) is 4.40. The smallest absolute Gasteiger partial charge is 0.425 e. The minimum Gasteiger partial charge on any atom is -0.490 e. The number of nitrogens with one attached hydrogen (secondary N) is 1. The van der Waals surface area contributed by atoms with Crippen LogP contribution in [-0.4, -0.2) is 36.9 Å². The normalized spacial score (nSPS) is 12.0. The molecule has 9 nitrogen and oxygen atoms in total. The maximum absolute atomic E-state index is 13.8. The number of hydrogen-bond donors (Lipinski definition) is 1. The Morgan fingerprint density at radius 2 is 1.94 bits per heavy atom. The van der Waals surface area contributed by atoms with Gasteiger partial charge in [-0.05, 0) is 18.1 Å². The molecule has 172 valence electrons. The fourth-order valence-electron chi connectivity index (χ4n) is 2.94. The second-order valence-electron chi connectivity index (χ2n) is 7.97. The highest BCUT2D eigenvalue weighted by atomic mass is 19.4. The first-order chi connectivity index (χ1) is 15.0. The van der Waals surface area contributed by atoms with E-state index in [4.69, 9.17) is 4.74 Å². The number of hydrogen-bond acceptors (Lipinski definition) is 6. The van der Waals surface area contributed by atoms with Gasteiger partial charge in [0, 0.05) is 12.1 Å². The van der Waals surface area contributed by atoms with Crippen LogP contribution in [0.3, 0.4) is 0 Å². The molecule has 0 saturated carbocycles. The van der Waals surface area contributed by atoms with Gasteiger partial charge in [0.15, 0.2) is 17.0 Å². The lowest BCUT2D eigenvalue weighted by Gasteiger charge is -2.21. The van der Waals surface area contributed by atoms with Crippen LogP contribution in [-0.2, 0) is 17.5 Å². The van der Waals surface area contributed by atoms with Crippen LogP contribution < -0.4 is 15.6 Å². The van der Waals surface area contributed by atoms with Crippen LogP contribution in [0, 0.1) is 5.92 Å². The lowest BCUT2D eigenvalue weighted by molar-refractivity contribution is -0.141. The highest BCUT2D eigenvalue weighted by molar-refractivity contribution is 5.90. The topological polar surface area (TPSA) is 103 Å². The van der Waals surface area contributed by atoms with Crippen LogP contribution in [0.5, 0.6) is 5.75 Å². The first kappa shape index (κ1) is 23.2. The first-order valence-corrected chi connectivity index (χ1v) is 9.91. The fraction of sp³-hybridized carbons (Fsp3) is 0.450. The molecule has 0 radical (unpaired) electrons. The standard InChI is InChI=1S/C20H23F3N6O3/c1-11(2)9-32-18-16(20(21,22)23)19(31)29(27-17(18)12(3)4)8-15(30)25-13-5-6-14-26-24-10-28(14)7-13/h5-7,10-12H,8-9H2,1-4H3,(H,25,30). The average Bonchev–Trinajstić information content (AvgIpc) is 3.14. The van der Waals surface area contributed by atoms with Crippen molar-refractivity contribution in [1.82, 2.24) is 24.4 Å². The van der Waals surface area contributed by atoms with Crippen LogP contribution in [0.1, 0.15) is 44.9 Å². The van der Waals surface area contributed by atoms with Crippen LogP contribution in [0.15, 0.2) is 29.5 Å². The van der Waals surface area contributed by atoms with E-state index in [-0.39, 0.29) is 18.2 Å². The van der Waals surface area contributed by atoms with E-state index < -0.39 is 41.4 Å². The maximum Gasteiger partial charge on any atom is 0.425 e. The second kappa shape index (κ2) is 8.97. The molecule has 0 aliphatic rings. The predicted octanol–water partition coefficient (Wildman–Crippen LogP) is 3.10. The predicted molar refractivity (Wildman–Crippen MR) is 110 cm³/mol. The molecule has 3 aromatic rings. The van der Waals surface area contributed by atoms with Crippen LogP contribution in [0.25, 0.3) is 5.65 Å². The number of amides is 1. The zero-order valence-corrected chi connectivity index (χ0v) is 18.0. The maximum atomic E-state index is 13.8. The minimum absolute atomic E-state index is 0.0139. The Bertz CT molecular complexity index is 1180. The monoisotopic (exact) mass is 452 g/mol. The number of anilines is 1. The number of rotatable bonds is 7. The number of halogens is 3. The van der Waals surface area contributed by atoms with E-state index in [9.17, 15) is 22.8 Å². The summed E-state index contributed by atoms with van der Waals surface area (Å²) in [5.41, 5.74) is -2.04. The Morgan fingerprint density at radius 3 is 2.56 bits per heavy atom. The van der Waals surface area contributed by atoms with Crippen LogP contribution >= 0.6 is 0 Å². The van der Waals surface area contributed by atoms with E-state index in [2.05, 4.69) is 20.6 Å². The van der Waals surface area contributed by atoms with Crippen LogP contribution in [0.4, 0.5) is 18.9 Å². The fourth-order valence-corrected chi connectivity index (χ4v) is 2.94. The molecular weight excluding hydrogens is 429 g/mol. The summed E-state index contributed by atoms with van der Waals surface area (Å²) in [4.78, 5) is 25.2. The quantitative estimate of drug-likeness (QED) is 0.591. The molecule has 0 aliphatic carbocycles. The van der Waals surface area contributed by atoms with E-state index in [0.717, 1.165) is 0 Å². The zero-order valence-electron chi connectivity index (χ0n) is 18.0. The summed E-state index contributed by atoms with van der Waals surface area (Å²) in [6.07, 6.45) is -2.02. The molecule has 0 spiro atoms. The highest BCUT2D eigenvalue weighted by Gasteiger charge is 2.41. The van der Waals surface area contributed by atoms with E-state index >= 15 is 0 Å². The van der Waals surface area contributed by atoms with Crippen molar-refractivity contribution in [2.45, 2.75) is 46.3 Å². The molecule has 0 bridgehead atoms. The van der Waals surface area contributed by atoms with Gasteiger partial charge in [-0.3, -0.25) is 14.0 Å². The van der Waals surface area contributed by atoms with Crippen molar-refractivity contribution < 1.29 is 22.7 Å². The largest absolute Gasteiger partial charge is 0.490 e. The summed E-state index contributed by atoms with van der Waals surface area (Å²) in [6.45, 7) is 6.10. The van der Waals surface area contributed by atoms with Gasteiger partial charge in [-0.15, -0.1) is 10.2 Å². The van der Waals surface area contributed by atoms with Crippen LogP contribution in [0.2, 0.25) is 0 Å². The molecule has 0 aliphatic heterocycles. The van der Waals surface area contributed by atoms with Crippen molar-refractivity contribution in [2.75, 3.05) is 11.9 Å². The van der Waals surface area contributed by atoms with Crippen molar-refractivity contribution >= 4 is 17.2 Å². The van der Waals surface area contributed by atoms with Gasteiger partial charge < -0.3 is 10.1 Å². The van der Waals surface area contributed by atoms with Gasteiger partial charge in [0.1, 0.15) is 18.6 Å². The Balaban J connectivity index is 1.96. The van der Waals surface area contributed by atoms with Crippen molar-refractivity contribution in [3.05, 3.63) is 46.3 Å². The minimum atomic E-state index is -4.98. The molecule has 0 saturated heterocycles. The van der Waals surface area contributed by atoms with Gasteiger partial charge in [0.05, 0.1) is 12.3 Å². The van der Waals surface area contributed by atoms with Gasteiger partial charge in [-0.1, -0.05) is 27.7 Å². The molecule has 32 heavy (non-hydrogen) atoms. The molecule has 3 heterocycles. The molecule has 3 rings (SSSR count). The van der Waals surface area contributed by atoms with Crippen molar-refractivity contribution in [3.63, 3.8) is 0 Å². The van der Waals surface area contributed by atoms with E-state index in [1.165, 1.54) is 12.5 Å². The molecule has 0 atom stereocenters. The Labute approximate surface area is 181 Å². The van der Waals surface area contributed by atoms with Crippen molar-refractivity contribution in [1.29, 1.82) is 0 Å². The number of pyridine rings is 1. The van der Waals surface area contributed by atoms with E-state index in [1.807, 2.05) is 0 Å². The first-order valence-electron chi connectivity index (χ1n) is 9.91. The van der Waals surface area contributed by atoms with Gasteiger partial charge in [-0.2, -0.15) is 18.3 Å². The van der Waals surface area contributed by atoms with Gasteiger partial charge in [-0.25, -0.2) is 4.68 Å². The Hall–Kier alpha value is -3.44. The highest BCUT2D eigenvalue weighted by Crippen LogP contribution is 2.37. The molecule has 0 fully saturated rings. The Kier molecular flexibility index (Phi) is 6.51. The van der Waals surface area contributed by atoms with Crippen molar-refractivity contribution in [3.8, 4) is 5.75 Å². The molecular formula is C20H23F3N6O3. The van der Waals surface area contributed by atoms with Gasteiger partial charge >= 0.3 is 6.18 Å². The summed E-state index contributed by atoms with van der Waals surface area (Å²) < 4.78 is 48.9. The van der Waals surface area contributed by atoms with E-state index in [0.29, 0.717) is 16.0 Å². The molecule has 0 unspecified atom stereocenters. The van der Waals surface area contributed by atoms with Crippen molar-refractivity contribution in [2.24, 2.45) is 5.92 Å². The number of alkyl halides is 3. The second-order valence-corrected chi connectivity index (χ2v) is 7.97. The number of carbonyl (C=O) groups is 1. The number of ether oxygens (including phenoxy) is 1. The summed E-state index contributed by atoms with van der Waals surface area (Å²) in [5, 5.41) is 14.1. The summed E-state index contributed by atoms with van der Waals surface area (Å²) in [7, 11) is 0. The lowest BCUT2D eigenvalue weighted by atomic mass is 10.1. The summed E-state index contributed by atoms with van der Waals surface area (Å²) >= 11 is 0. The molecule has 0 aromatic carbocycles. The third-order valence-electron chi connectivity index (χ3n) is 4.40.